The number of fused-ring (bicyclic) bond motifs is 1. The first-order chi connectivity index (χ1) is 7.27. The second kappa shape index (κ2) is 3.81. The van der Waals surface area contributed by atoms with Crippen LogP contribution in [0.5, 0.6) is 0 Å². The summed E-state index contributed by atoms with van der Waals surface area (Å²) in [4.78, 5) is 2.23. The van der Waals surface area contributed by atoms with E-state index >= 15 is 0 Å². The molecule has 4 nitrogen and oxygen atoms in total. The topological polar surface area (TPSA) is 57.9 Å². The van der Waals surface area contributed by atoms with Gasteiger partial charge in [0.05, 0.1) is 23.1 Å². The van der Waals surface area contributed by atoms with Crippen molar-refractivity contribution in [1.82, 2.24) is 10.2 Å². The van der Waals surface area contributed by atoms with Crippen LogP contribution in [-0.2, 0) is 0 Å². The minimum absolute atomic E-state index is 0.786. The Balaban J connectivity index is 2.56. The van der Waals surface area contributed by atoms with E-state index in [1.807, 2.05) is 6.07 Å². The summed E-state index contributed by atoms with van der Waals surface area (Å²) in [6, 6.07) is 4.10. The van der Waals surface area contributed by atoms with E-state index in [2.05, 4.69) is 35.0 Å². The number of aromatic nitrogens is 2. The van der Waals surface area contributed by atoms with Crippen LogP contribution in [0.15, 0.2) is 18.3 Å². The van der Waals surface area contributed by atoms with Crippen molar-refractivity contribution in [3.63, 3.8) is 0 Å². The number of nitrogens with one attached hydrogen (secondary N) is 1. The SMILES string of the molecule is CCN(CC)c1ccc2cn[nH]c2c1N. The number of nitrogens with zero attached hydrogens (tertiary/aromatic N) is 2. The van der Waals surface area contributed by atoms with Crippen molar-refractivity contribution in [1.29, 1.82) is 0 Å². The van der Waals surface area contributed by atoms with Gasteiger partial charge in [0.15, 0.2) is 0 Å². The van der Waals surface area contributed by atoms with Gasteiger partial charge in [-0.05, 0) is 26.0 Å². The number of nitrogens with two attached hydrogens (primary N) is 1. The fourth-order valence-corrected chi connectivity index (χ4v) is 1.86. The van der Waals surface area contributed by atoms with E-state index in [4.69, 9.17) is 5.73 Å². The van der Waals surface area contributed by atoms with Crippen LogP contribution in [0.2, 0.25) is 0 Å². The number of anilines is 2. The summed E-state index contributed by atoms with van der Waals surface area (Å²) in [5.41, 5.74) is 8.90. The van der Waals surface area contributed by atoms with Gasteiger partial charge in [-0.3, -0.25) is 5.10 Å². The second-order valence-corrected chi connectivity index (χ2v) is 3.50. The van der Waals surface area contributed by atoms with Gasteiger partial charge in [0, 0.05) is 18.5 Å². The highest BCUT2D eigenvalue weighted by Crippen LogP contribution is 2.29. The van der Waals surface area contributed by atoms with Crippen LogP contribution in [0, 0.1) is 0 Å². The van der Waals surface area contributed by atoms with Crippen LogP contribution < -0.4 is 10.6 Å². The van der Waals surface area contributed by atoms with Gasteiger partial charge >= 0.3 is 0 Å². The molecule has 0 atom stereocenters. The lowest BCUT2D eigenvalue weighted by Gasteiger charge is -2.22. The zero-order valence-electron chi connectivity index (χ0n) is 9.12. The van der Waals surface area contributed by atoms with Crippen molar-refractivity contribution in [2.24, 2.45) is 0 Å². The molecule has 1 aromatic carbocycles. The third kappa shape index (κ3) is 1.52. The number of benzene rings is 1. The highest BCUT2D eigenvalue weighted by molar-refractivity contribution is 5.96. The molecule has 0 unspecified atom stereocenters. The van der Waals surface area contributed by atoms with Gasteiger partial charge in [-0.25, -0.2) is 0 Å². The zero-order valence-corrected chi connectivity index (χ0v) is 9.12. The van der Waals surface area contributed by atoms with Crippen molar-refractivity contribution in [3.05, 3.63) is 18.3 Å². The number of hydrogen-bond acceptors (Lipinski definition) is 3. The third-order valence-electron chi connectivity index (χ3n) is 2.74. The van der Waals surface area contributed by atoms with E-state index in [1.165, 1.54) is 0 Å². The molecule has 0 aliphatic rings. The van der Waals surface area contributed by atoms with Crippen LogP contribution in [-0.4, -0.2) is 23.3 Å². The summed E-state index contributed by atoms with van der Waals surface area (Å²) < 4.78 is 0. The first-order valence-corrected chi connectivity index (χ1v) is 5.24. The molecule has 1 aromatic heterocycles. The summed E-state index contributed by atoms with van der Waals surface area (Å²) in [7, 11) is 0. The minimum Gasteiger partial charge on any atom is -0.395 e. The van der Waals surface area contributed by atoms with Crippen LogP contribution in [0.1, 0.15) is 13.8 Å². The average Bonchev–Trinajstić information content (AvgIpc) is 2.71. The quantitative estimate of drug-likeness (QED) is 0.752. The Hall–Kier alpha value is -1.71. The van der Waals surface area contributed by atoms with Crippen molar-refractivity contribution in [2.75, 3.05) is 23.7 Å². The first kappa shape index (κ1) is 9.83. The standard InChI is InChI=1S/C11H16N4/c1-3-15(4-2)9-6-5-8-7-13-14-11(8)10(9)12/h5-7H,3-4,12H2,1-2H3,(H,13,14). The summed E-state index contributed by atoms with van der Waals surface area (Å²) in [6.07, 6.45) is 1.79. The lowest BCUT2D eigenvalue weighted by atomic mass is 10.2. The number of H-pyrrole nitrogens is 1. The number of hydrogen-bond donors (Lipinski definition) is 2. The van der Waals surface area contributed by atoms with Crippen LogP contribution in [0.3, 0.4) is 0 Å². The lowest BCUT2D eigenvalue weighted by Crippen LogP contribution is -2.22. The summed E-state index contributed by atoms with van der Waals surface area (Å²) in [6.45, 7) is 6.17. The normalized spacial score (nSPS) is 10.8. The van der Waals surface area contributed by atoms with E-state index in [0.29, 0.717) is 0 Å². The lowest BCUT2D eigenvalue weighted by molar-refractivity contribution is 0.868. The maximum absolute atomic E-state index is 6.10. The average molecular weight is 204 g/mol. The monoisotopic (exact) mass is 204 g/mol. The first-order valence-electron chi connectivity index (χ1n) is 5.24. The van der Waals surface area contributed by atoms with Crippen molar-refractivity contribution >= 4 is 22.3 Å². The Morgan fingerprint density at radius 1 is 1.33 bits per heavy atom. The van der Waals surface area contributed by atoms with Crippen LogP contribution in [0.4, 0.5) is 11.4 Å². The predicted molar refractivity (Wildman–Crippen MR) is 64.1 cm³/mol. The van der Waals surface area contributed by atoms with Gasteiger partial charge in [-0.15, -0.1) is 0 Å². The number of rotatable bonds is 3. The Kier molecular flexibility index (Phi) is 2.49. The van der Waals surface area contributed by atoms with E-state index in [-0.39, 0.29) is 0 Å². The Morgan fingerprint density at radius 3 is 2.73 bits per heavy atom. The summed E-state index contributed by atoms with van der Waals surface area (Å²) in [5, 5.41) is 7.98. The van der Waals surface area contributed by atoms with Crippen molar-refractivity contribution < 1.29 is 0 Å². The largest absolute Gasteiger partial charge is 0.395 e. The summed E-state index contributed by atoms with van der Waals surface area (Å²) in [5.74, 6) is 0. The van der Waals surface area contributed by atoms with Crippen LogP contribution >= 0.6 is 0 Å². The molecule has 0 aliphatic heterocycles. The molecular weight excluding hydrogens is 188 g/mol. The predicted octanol–water partition coefficient (Wildman–Crippen LogP) is 1.99. The second-order valence-electron chi connectivity index (χ2n) is 3.50. The highest BCUT2D eigenvalue weighted by Gasteiger charge is 2.09. The molecule has 2 aromatic rings. The smallest absolute Gasteiger partial charge is 0.0900 e. The van der Waals surface area contributed by atoms with Gasteiger partial charge in [-0.2, -0.15) is 5.10 Å². The molecular formula is C11H16N4. The van der Waals surface area contributed by atoms with Crippen LogP contribution in [0.25, 0.3) is 10.9 Å². The third-order valence-corrected chi connectivity index (χ3v) is 2.74. The molecule has 0 radical (unpaired) electrons. The van der Waals surface area contributed by atoms with Gasteiger partial charge in [0.1, 0.15) is 0 Å². The maximum Gasteiger partial charge on any atom is 0.0900 e. The van der Waals surface area contributed by atoms with E-state index in [0.717, 1.165) is 35.4 Å². The highest BCUT2D eigenvalue weighted by atomic mass is 15.1. The van der Waals surface area contributed by atoms with Gasteiger partial charge in [0.25, 0.3) is 0 Å². The molecule has 1 heterocycles. The fraction of sp³-hybridized carbons (Fsp3) is 0.364. The number of nitrogen functional groups attached to an aromatic ring is 1. The number of aromatic amines is 1. The fourth-order valence-electron chi connectivity index (χ4n) is 1.86. The molecule has 0 spiro atoms. The molecule has 0 aliphatic carbocycles. The Labute approximate surface area is 89.1 Å². The van der Waals surface area contributed by atoms with Gasteiger partial charge in [-0.1, -0.05) is 0 Å². The molecule has 3 N–H and O–H groups in total. The Morgan fingerprint density at radius 2 is 2.07 bits per heavy atom. The van der Waals surface area contributed by atoms with Crippen molar-refractivity contribution in [2.45, 2.75) is 13.8 Å². The van der Waals surface area contributed by atoms with Crippen molar-refractivity contribution in [3.8, 4) is 0 Å². The van der Waals surface area contributed by atoms with E-state index in [9.17, 15) is 0 Å². The molecule has 0 saturated carbocycles. The molecule has 0 amide bonds. The summed E-state index contributed by atoms with van der Waals surface area (Å²) >= 11 is 0. The Bertz CT molecular complexity index is 457. The minimum atomic E-state index is 0.786. The molecule has 4 heteroatoms. The zero-order chi connectivity index (χ0) is 10.8. The molecule has 15 heavy (non-hydrogen) atoms. The van der Waals surface area contributed by atoms with Gasteiger partial charge in [0.2, 0.25) is 0 Å². The molecule has 0 saturated heterocycles. The van der Waals surface area contributed by atoms with Gasteiger partial charge < -0.3 is 10.6 Å². The maximum atomic E-state index is 6.10. The molecule has 80 valence electrons. The van der Waals surface area contributed by atoms with E-state index in [1.54, 1.807) is 6.20 Å². The molecule has 2 rings (SSSR count). The molecule has 0 bridgehead atoms. The van der Waals surface area contributed by atoms with E-state index < -0.39 is 0 Å². The molecule has 0 fully saturated rings.